The summed E-state index contributed by atoms with van der Waals surface area (Å²) in [7, 11) is 0. The first-order chi connectivity index (χ1) is 12.1. The number of rotatable bonds is 6. The number of carbonyl (C=O) groups excluding carboxylic acids is 3. The molecule has 1 saturated carbocycles. The Kier molecular flexibility index (Phi) is 5.58. The van der Waals surface area contributed by atoms with Gasteiger partial charge in [-0.05, 0) is 31.0 Å². The van der Waals surface area contributed by atoms with Gasteiger partial charge in [0.1, 0.15) is 25.5 Å². The maximum atomic E-state index is 12.3. The predicted molar refractivity (Wildman–Crippen MR) is 90.1 cm³/mol. The SMILES string of the molecule is O=C(CN1C(=O)C2CCCCC2C1=O)OCCOc1cccc(Cl)c1. The number of amides is 2. The van der Waals surface area contributed by atoms with E-state index in [4.69, 9.17) is 21.1 Å². The van der Waals surface area contributed by atoms with Crippen molar-refractivity contribution >= 4 is 29.4 Å². The van der Waals surface area contributed by atoms with Crippen LogP contribution in [-0.2, 0) is 19.1 Å². The van der Waals surface area contributed by atoms with Crippen molar-refractivity contribution in [2.75, 3.05) is 19.8 Å². The number of hydrogen-bond acceptors (Lipinski definition) is 5. The van der Waals surface area contributed by atoms with Crippen molar-refractivity contribution in [2.45, 2.75) is 25.7 Å². The first-order valence-corrected chi connectivity index (χ1v) is 8.83. The third-order valence-corrected chi connectivity index (χ3v) is 4.87. The molecule has 0 aromatic heterocycles. The van der Waals surface area contributed by atoms with E-state index in [9.17, 15) is 14.4 Å². The van der Waals surface area contributed by atoms with Gasteiger partial charge in [0.05, 0.1) is 11.8 Å². The van der Waals surface area contributed by atoms with Gasteiger partial charge >= 0.3 is 5.97 Å². The number of nitrogens with zero attached hydrogens (tertiary/aromatic N) is 1. The van der Waals surface area contributed by atoms with E-state index in [-0.39, 0.29) is 43.4 Å². The summed E-state index contributed by atoms with van der Waals surface area (Å²) in [5.41, 5.74) is 0. The molecule has 1 heterocycles. The lowest BCUT2D eigenvalue weighted by Crippen LogP contribution is -2.37. The Morgan fingerprint density at radius 3 is 2.44 bits per heavy atom. The van der Waals surface area contributed by atoms with Crippen molar-refractivity contribution in [3.63, 3.8) is 0 Å². The normalized spacial score (nSPS) is 22.7. The Morgan fingerprint density at radius 1 is 1.12 bits per heavy atom. The molecule has 2 atom stereocenters. The minimum Gasteiger partial charge on any atom is -0.490 e. The van der Waals surface area contributed by atoms with Crippen LogP contribution in [0.25, 0.3) is 0 Å². The lowest BCUT2D eigenvalue weighted by molar-refractivity contribution is -0.153. The van der Waals surface area contributed by atoms with Crippen LogP contribution < -0.4 is 4.74 Å². The molecule has 3 rings (SSSR count). The first kappa shape index (κ1) is 17.7. The van der Waals surface area contributed by atoms with Crippen molar-refractivity contribution < 1.29 is 23.9 Å². The zero-order chi connectivity index (χ0) is 17.8. The number of benzene rings is 1. The van der Waals surface area contributed by atoms with E-state index in [1.54, 1.807) is 24.3 Å². The van der Waals surface area contributed by atoms with Gasteiger partial charge in [0, 0.05) is 5.02 Å². The second kappa shape index (κ2) is 7.87. The molecule has 0 radical (unpaired) electrons. The molecule has 1 aromatic carbocycles. The summed E-state index contributed by atoms with van der Waals surface area (Å²) in [6, 6.07) is 6.90. The standard InChI is InChI=1S/C18H20ClNO5/c19-12-4-3-5-13(10-12)24-8-9-25-16(21)11-20-17(22)14-6-1-2-7-15(14)18(20)23/h3-5,10,14-15H,1-2,6-9,11H2. The van der Waals surface area contributed by atoms with Crippen LogP contribution in [0.15, 0.2) is 24.3 Å². The number of esters is 1. The third kappa shape index (κ3) is 4.12. The topological polar surface area (TPSA) is 72.9 Å². The fourth-order valence-electron chi connectivity index (χ4n) is 3.43. The van der Waals surface area contributed by atoms with Crippen molar-refractivity contribution in [2.24, 2.45) is 11.8 Å². The van der Waals surface area contributed by atoms with E-state index in [1.165, 1.54) is 0 Å². The van der Waals surface area contributed by atoms with Gasteiger partial charge in [0.25, 0.3) is 0 Å². The maximum absolute atomic E-state index is 12.3. The molecule has 134 valence electrons. The van der Waals surface area contributed by atoms with E-state index in [1.807, 2.05) is 0 Å². The van der Waals surface area contributed by atoms with Gasteiger partial charge < -0.3 is 9.47 Å². The lowest BCUT2D eigenvalue weighted by Gasteiger charge is -2.19. The molecule has 7 heteroatoms. The van der Waals surface area contributed by atoms with Crippen LogP contribution in [0.1, 0.15) is 25.7 Å². The van der Waals surface area contributed by atoms with Gasteiger partial charge in [0.2, 0.25) is 11.8 Å². The smallest absolute Gasteiger partial charge is 0.326 e. The first-order valence-electron chi connectivity index (χ1n) is 8.45. The molecule has 0 bridgehead atoms. The molecule has 25 heavy (non-hydrogen) atoms. The summed E-state index contributed by atoms with van der Waals surface area (Å²) in [5.74, 6) is -0.989. The molecule has 1 aliphatic carbocycles. The van der Waals surface area contributed by atoms with Crippen LogP contribution in [0.5, 0.6) is 5.75 Å². The van der Waals surface area contributed by atoms with E-state index in [0.29, 0.717) is 10.8 Å². The quantitative estimate of drug-likeness (QED) is 0.440. The Hall–Kier alpha value is -2.08. The van der Waals surface area contributed by atoms with E-state index >= 15 is 0 Å². The zero-order valence-corrected chi connectivity index (χ0v) is 14.5. The van der Waals surface area contributed by atoms with Crippen molar-refractivity contribution in [3.8, 4) is 5.75 Å². The predicted octanol–water partition coefficient (Wildman–Crippen LogP) is 2.44. The lowest BCUT2D eigenvalue weighted by atomic mass is 9.81. The van der Waals surface area contributed by atoms with Gasteiger partial charge in [-0.3, -0.25) is 19.3 Å². The zero-order valence-electron chi connectivity index (χ0n) is 13.8. The summed E-state index contributed by atoms with van der Waals surface area (Å²) in [6.45, 7) is -0.116. The summed E-state index contributed by atoms with van der Waals surface area (Å²) < 4.78 is 10.5. The number of likely N-dealkylation sites (tertiary alicyclic amines) is 1. The van der Waals surface area contributed by atoms with E-state index in [2.05, 4.69) is 0 Å². The Bertz CT molecular complexity index is 653. The largest absolute Gasteiger partial charge is 0.490 e. The van der Waals surface area contributed by atoms with Crippen LogP contribution in [-0.4, -0.2) is 42.4 Å². The number of ether oxygens (including phenoxy) is 2. The summed E-state index contributed by atoms with van der Waals surface area (Å²) in [5, 5.41) is 0.557. The number of carbonyl (C=O) groups is 3. The highest BCUT2D eigenvalue weighted by molar-refractivity contribution is 6.30. The number of imide groups is 1. The molecule has 2 aliphatic rings. The van der Waals surface area contributed by atoms with Gasteiger partial charge in [-0.25, -0.2) is 0 Å². The molecule has 6 nitrogen and oxygen atoms in total. The van der Waals surface area contributed by atoms with Crippen LogP contribution in [0, 0.1) is 11.8 Å². The molecular formula is C18H20ClNO5. The van der Waals surface area contributed by atoms with Gasteiger partial charge in [0.15, 0.2) is 0 Å². The third-order valence-electron chi connectivity index (χ3n) is 4.63. The highest BCUT2D eigenvalue weighted by atomic mass is 35.5. The second-order valence-corrected chi connectivity index (χ2v) is 6.72. The highest BCUT2D eigenvalue weighted by Gasteiger charge is 2.48. The second-order valence-electron chi connectivity index (χ2n) is 6.29. The molecule has 0 N–H and O–H groups in total. The molecule has 1 aromatic rings. The Labute approximate surface area is 151 Å². The molecule has 2 fully saturated rings. The minimum atomic E-state index is -0.602. The van der Waals surface area contributed by atoms with Crippen LogP contribution in [0.3, 0.4) is 0 Å². The average molecular weight is 366 g/mol. The summed E-state index contributed by atoms with van der Waals surface area (Å²) >= 11 is 5.85. The van der Waals surface area contributed by atoms with Crippen molar-refractivity contribution in [1.29, 1.82) is 0 Å². The van der Waals surface area contributed by atoms with Crippen LogP contribution in [0.2, 0.25) is 5.02 Å². The monoisotopic (exact) mass is 365 g/mol. The molecule has 2 amide bonds. The molecule has 2 unspecified atom stereocenters. The van der Waals surface area contributed by atoms with E-state index < -0.39 is 5.97 Å². The number of hydrogen-bond donors (Lipinski definition) is 0. The van der Waals surface area contributed by atoms with Crippen LogP contribution in [0.4, 0.5) is 0 Å². The Balaban J connectivity index is 1.43. The van der Waals surface area contributed by atoms with Gasteiger partial charge in [-0.1, -0.05) is 30.5 Å². The molecular weight excluding hydrogens is 346 g/mol. The van der Waals surface area contributed by atoms with Crippen molar-refractivity contribution in [1.82, 2.24) is 4.90 Å². The fraction of sp³-hybridized carbons (Fsp3) is 0.500. The highest BCUT2D eigenvalue weighted by Crippen LogP contribution is 2.37. The van der Waals surface area contributed by atoms with Gasteiger partial charge in [-0.15, -0.1) is 0 Å². The van der Waals surface area contributed by atoms with Crippen LogP contribution >= 0.6 is 11.6 Å². The summed E-state index contributed by atoms with van der Waals surface area (Å²) in [6.07, 6.45) is 3.38. The van der Waals surface area contributed by atoms with Gasteiger partial charge in [-0.2, -0.15) is 0 Å². The molecule has 0 spiro atoms. The summed E-state index contributed by atoms with van der Waals surface area (Å²) in [4.78, 5) is 37.6. The maximum Gasteiger partial charge on any atom is 0.326 e. The minimum absolute atomic E-state index is 0.0361. The Morgan fingerprint density at radius 2 is 1.80 bits per heavy atom. The number of fused-ring (bicyclic) bond motifs is 1. The average Bonchev–Trinajstić information content (AvgIpc) is 2.84. The molecule has 1 saturated heterocycles. The molecule has 1 aliphatic heterocycles. The fourth-order valence-corrected chi connectivity index (χ4v) is 3.61. The number of halogens is 1. The van der Waals surface area contributed by atoms with Crippen molar-refractivity contribution in [3.05, 3.63) is 29.3 Å². The van der Waals surface area contributed by atoms with E-state index in [0.717, 1.165) is 30.6 Å².